The molecular weight excluding hydrogens is 232 g/mol. The Balaban J connectivity index is 2.42. The molecule has 6 nitrogen and oxygen atoms in total. The SMILES string of the molecule is CCC(=O)NN=C(C)CC(=O)Nc1cccnc1. The van der Waals surface area contributed by atoms with Crippen LogP contribution in [0.1, 0.15) is 26.7 Å². The van der Waals surface area contributed by atoms with Gasteiger partial charge in [0.15, 0.2) is 0 Å². The zero-order valence-corrected chi connectivity index (χ0v) is 10.4. The first kappa shape index (κ1) is 13.8. The highest BCUT2D eigenvalue weighted by Gasteiger charge is 2.04. The number of rotatable bonds is 5. The van der Waals surface area contributed by atoms with Gasteiger partial charge in [-0.05, 0) is 19.1 Å². The van der Waals surface area contributed by atoms with Crippen molar-refractivity contribution in [1.29, 1.82) is 0 Å². The lowest BCUT2D eigenvalue weighted by Crippen LogP contribution is -2.20. The van der Waals surface area contributed by atoms with Crippen molar-refractivity contribution in [1.82, 2.24) is 10.4 Å². The van der Waals surface area contributed by atoms with E-state index in [2.05, 4.69) is 20.8 Å². The van der Waals surface area contributed by atoms with E-state index in [-0.39, 0.29) is 18.2 Å². The summed E-state index contributed by atoms with van der Waals surface area (Å²) in [7, 11) is 0. The van der Waals surface area contributed by atoms with Crippen molar-refractivity contribution in [2.24, 2.45) is 5.10 Å². The molecule has 2 N–H and O–H groups in total. The number of pyridine rings is 1. The molecule has 1 heterocycles. The molecule has 0 aliphatic heterocycles. The Kier molecular flexibility index (Phi) is 5.50. The van der Waals surface area contributed by atoms with E-state index in [1.165, 1.54) is 0 Å². The zero-order chi connectivity index (χ0) is 13.4. The second-order valence-corrected chi connectivity index (χ2v) is 3.70. The third-order valence-electron chi connectivity index (χ3n) is 2.05. The van der Waals surface area contributed by atoms with Crippen LogP contribution in [0.5, 0.6) is 0 Å². The van der Waals surface area contributed by atoms with Crippen molar-refractivity contribution in [3.05, 3.63) is 24.5 Å². The predicted octanol–water partition coefficient (Wildman–Crippen LogP) is 1.31. The molecule has 2 amide bonds. The maximum atomic E-state index is 11.6. The number of hydrogen-bond donors (Lipinski definition) is 2. The fourth-order valence-corrected chi connectivity index (χ4v) is 1.15. The van der Waals surface area contributed by atoms with Gasteiger partial charge < -0.3 is 5.32 Å². The van der Waals surface area contributed by atoms with Crippen LogP contribution in [0.15, 0.2) is 29.6 Å². The fraction of sp³-hybridized carbons (Fsp3) is 0.333. The topological polar surface area (TPSA) is 83.5 Å². The molecule has 0 bridgehead atoms. The Morgan fingerprint density at radius 3 is 2.78 bits per heavy atom. The molecule has 96 valence electrons. The van der Waals surface area contributed by atoms with Crippen LogP contribution in [0.2, 0.25) is 0 Å². The average Bonchev–Trinajstić information content (AvgIpc) is 2.37. The Hall–Kier alpha value is -2.24. The number of amides is 2. The van der Waals surface area contributed by atoms with Crippen molar-refractivity contribution in [2.75, 3.05) is 5.32 Å². The first-order valence-electron chi connectivity index (χ1n) is 5.63. The van der Waals surface area contributed by atoms with Crippen molar-refractivity contribution >= 4 is 23.2 Å². The van der Waals surface area contributed by atoms with Gasteiger partial charge in [-0.1, -0.05) is 6.92 Å². The fourth-order valence-electron chi connectivity index (χ4n) is 1.15. The van der Waals surface area contributed by atoms with Gasteiger partial charge in [-0.25, -0.2) is 5.43 Å². The van der Waals surface area contributed by atoms with Crippen LogP contribution in [-0.4, -0.2) is 22.5 Å². The Morgan fingerprint density at radius 2 is 2.17 bits per heavy atom. The third-order valence-corrected chi connectivity index (χ3v) is 2.05. The predicted molar refractivity (Wildman–Crippen MR) is 69.0 cm³/mol. The van der Waals surface area contributed by atoms with Gasteiger partial charge >= 0.3 is 0 Å². The minimum atomic E-state index is -0.199. The third kappa shape index (κ3) is 5.20. The number of carbonyl (C=O) groups excluding carboxylic acids is 2. The van der Waals surface area contributed by atoms with E-state index in [1.54, 1.807) is 38.4 Å². The lowest BCUT2D eigenvalue weighted by molar-refractivity contribution is -0.121. The number of carbonyl (C=O) groups is 2. The van der Waals surface area contributed by atoms with E-state index in [4.69, 9.17) is 0 Å². The standard InChI is InChI=1S/C12H16N4O2/c1-3-11(17)16-15-9(2)7-12(18)14-10-5-4-6-13-8-10/h4-6,8H,3,7H2,1-2H3,(H,14,18)(H,16,17). The molecule has 0 saturated heterocycles. The zero-order valence-electron chi connectivity index (χ0n) is 10.4. The first-order chi connectivity index (χ1) is 8.61. The van der Waals surface area contributed by atoms with Gasteiger partial charge in [0, 0.05) is 18.3 Å². The van der Waals surface area contributed by atoms with Gasteiger partial charge in [0.2, 0.25) is 11.8 Å². The molecule has 0 aromatic carbocycles. The normalized spacial score (nSPS) is 10.9. The van der Waals surface area contributed by atoms with E-state index in [9.17, 15) is 9.59 Å². The molecule has 0 atom stereocenters. The molecule has 0 unspecified atom stereocenters. The lowest BCUT2D eigenvalue weighted by Gasteiger charge is -2.04. The molecule has 18 heavy (non-hydrogen) atoms. The van der Waals surface area contributed by atoms with Crippen LogP contribution in [0.25, 0.3) is 0 Å². The molecule has 1 rings (SSSR count). The molecule has 0 saturated carbocycles. The molecule has 0 radical (unpaired) electrons. The highest BCUT2D eigenvalue weighted by molar-refractivity contribution is 6.05. The van der Waals surface area contributed by atoms with E-state index < -0.39 is 0 Å². The van der Waals surface area contributed by atoms with E-state index in [1.807, 2.05) is 0 Å². The average molecular weight is 248 g/mol. The van der Waals surface area contributed by atoms with Gasteiger partial charge in [-0.15, -0.1) is 0 Å². The van der Waals surface area contributed by atoms with Crippen LogP contribution >= 0.6 is 0 Å². The smallest absolute Gasteiger partial charge is 0.239 e. The second kappa shape index (κ2) is 7.16. The Bertz CT molecular complexity index is 443. The quantitative estimate of drug-likeness (QED) is 0.608. The van der Waals surface area contributed by atoms with Gasteiger partial charge in [-0.2, -0.15) is 5.10 Å². The summed E-state index contributed by atoms with van der Waals surface area (Å²) >= 11 is 0. The van der Waals surface area contributed by atoms with Crippen LogP contribution < -0.4 is 10.7 Å². The second-order valence-electron chi connectivity index (χ2n) is 3.70. The minimum Gasteiger partial charge on any atom is -0.324 e. The lowest BCUT2D eigenvalue weighted by atomic mass is 10.3. The number of nitrogens with zero attached hydrogens (tertiary/aromatic N) is 2. The Labute approximate surface area is 105 Å². The van der Waals surface area contributed by atoms with E-state index >= 15 is 0 Å². The molecular formula is C12H16N4O2. The molecule has 1 aromatic rings. The summed E-state index contributed by atoms with van der Waals surface area (Å²) in [5, 5.41) is 6.50. The number of aromatic nitrogens is 1. The van der Waals surface area contributed by atoms with Crippen LogP contribution in [-0.2, 0) is 9.59 Å². The number of hydrazone groups is 1. The Morgan fingerprint density at radius 1 is 1.39 bits per heavy atom. The first-order valence-corrected chi connectivity index (χ1v) is 5.63. The molecule has 0 aliphatic carbocycles. The summed E-state index contributed by atoms with van der Waals surface area (Å²) < 4.78 is 0. The monoisotopic (exact) mass is 248 g/mol. The molecule has 0 spiro atoms. The van der Waals surface area contributed by atoms with Crippen LogP contribution in [0.3, 0.4) is 0 Å². The summed E-state index contributed by atoms with van der Waals surface area (Å²) in [6.45, 7) is 3.41. The summed E-state index contributed by atoms with van der Waals surface area (Å²) in [5.74, 6) is -0.378. The van der Waals surface area contributed by atoms with Crippen molar-refractivity contribution in [2.45, 2.75) is 26.7 Å². The highest BCUT2D eigenvalue weighted by atomic mass is 16.2. The number of nitrogens with one attached hydrogen (secondary N) is 2. The van der Waals surface area contributed by atoms with Gasteiger partial charge in [0.05, 0.1) is 18.3 Å². The summed E-state index contributed by atoms with van der Waals surface area (Å²) in [6, 6.07) is 3.48. The highest BCUT2D eigenvalue weighted by Crippen LogP contribution is 2.03. The summed E-state index contributed by atoms with van der Waals surface area (Å²) in [6.07, 6.45) is 3.67. The van der Waals surface area contributed by atoms with Gasteiger partial charge in [0.25, 0.3) is 0 Å². The maximum absolute atomic E-state index is 11.6. The summed E-state index contributed by atoms with van der Waals surface area (Å²) in [5.41, 5.74) is 3.53. The largest absolute Gasteiger partial charge is 0.324 e. The van der Waals surface area contributed by atoms with E-state index in [0.29, 0.717) is 17.8 Å². The van der Waals surface area contributed by atoms with Gasteiger partial charge in [0.1, 0.15) is 0 Å². The van der Waals surface area contributed by atoms with Crippen LogP contribution in [0.4, 0.5) is 5.69 Å². The van der Waals surface area contributed by atoms with Crippen LogP contribution in [0, 0.1) is 0 Å². The molecule has 1 aromatic heterocycles. The van der Waals surface area contributed by atoms with Crippen molar-refractivity contribution in [3.63, 3.8) is 0 Å². The maximum Gasteiger partial charge on any atom is 0.239 e. The molecule has 0 fully saturated rings. The number of anilines is 1. The minimum absolute atomic E-state index is 0.124. The van der Waals surface area contributed by atoms with E-state index in [0.717, 1.165) is 0 Å². The van der Waals surface area contributed by atoms with Crippen molar-refractivity contribution in [3.8, 4) is 0 Å². The molecule has 0 aliphatic rings. The number of hydrogen-bond acceptors (Lipinski definition) is 4. The van der Waals surface area contributed by atoms with Gasteiger partial charge in [-0.3, -0.25) is 14.6 Å². The summed E-state index contributed by atoms with van der Waals surface area (Å²) in [4.78, 5) is 26.5. The van der Waals surface area contributed by atoms with Crippen molar-refractivity contribution < 1.29 is 9.59 Å². The molecule has 6 heteroatoms.